The molecule has 1 atom stereocenters. The average Bonchev–Trinajstić information content (AvgIpc) is 2.77. The summed E-state index contributed by atoms with van der Waals surface area (Å²) in [5.41, 5.74) is 6.75. The summed E-state index contributed by atoms with van der Waals surface area (Å²) in [6.07, 6.45) is 0. The minimum absolute atomic E-state index is 0.150. The molecule has 1 amide bonds. The highest BCUT2D eigenvalue weighted by Crippen LogP contribution is 2.29. The third-order valence-corrected chi connectivity index (χ3v) is 7.96. The first-order chi connectivity index (χ1) is 15.5. The number of anilines is 1. The monoisotopic (exact) mass is 464 g/mol. The summed E-state index contributed by atoms with van der Waals surface area (Å²) in [5, 5.41) is 3.00. The molecular formula is C27H32N2O3S. The maximum Gasteiger partial charge on any atom is 0.264 e. The van der Waals surface area contributed by atoms with Crippen LogP contribution >= 0.6 is 0 Å². The van der Waals surface area contributed by atoms with Gasteiger partial charge < -0.3 is 5.32 Å². The molecule has 0 heterocycles. The van der Waals surface area contributed by atoms with Gasteiger partial charge in [0.1, 0.15) is 6.54 Å². The van der Waals surface area contributed by atoms with Gasteiger partial charge in [-0.15, -0.1) is 0 Å². The molecule has 1 N–H and O–H groups in total. The van der Waals surface area contributed by atoms with Crippen LogP contribution in [0.25, 0.3) is 0 Å². The molecule has 0 radical (unpaired) electrons. The quantitative estimate of drug-likeness (QED) is 0.516. The summed E-state index contributed by atoms with van der Waals surface area (Å²) in [6.45, 7) is 11.5. The van der Waals surface area contributed by atoms with Crippen LogP contribution in [0, 0.1) is 34.6 Å². The van der Waals surface area contributed by atoms with Gasteiger partial charge in [0, 0.05) is 0 Å². The fourth-order valence-corrected chi connectivity index (χ4v) is 5.47. The topological polar surface area (TPSA) is 66.5 Å². The molecule has 0 spiro atoms. The van der Waals surface area contributed by atoms with E-state index >= 15 is 0 Å². The van der Waals surface area contributed by atoms with Crippen LogP contribution < -0.4 is 9.62 Å². The minimum atomic E-state index is -3.94. The molecule has 6 heteroatoms. The van der Waals surface area contributed by atoms with Crippen LogP contribution in [-0.2, 0) is 14.8 Å². The number of hydrogen-bond donors (Lipinski definition) is 1. The maximum atomic E-state index is 13.6. The van der Waals surface area contributed by atoms with Gasteiger partial charge in [0.25, 0.3) is 10.0 Å². The average molecular weight is 465 g/mol. The van der Waals surface area contributed by atoms with Crippen LogP contribution in [0.15, 0.2) is 65.6 Å². The number of nitrogens with one attached hydrogen (secondary N) is 1. The summed E-state index contributed by atoms with van der Waals surface area (Å²) in [6, 6.07) is 17.6. The normalized spacial score (nSPS) is 12.3. The van der Waals surface area contributed by atoms with E-state index in [1.165, 1.54) is 9.87 Å². The Labute approximate surface area is 197 Å². The third kappa shape index (κ3) is 5.28. The fourth-order valence-electron chi connectivity index (χ4n) is 3.97. The molecule has 174 valence electrons. The number of carbonyl (C=O) groups is 1. The van der Waals surface area contributed by atoms with Gasteiger partial charge in [0.05, 0.1) is 16.6 Å². The van der Waals surface area contributed by atoms with Gasteiger partial charge in [-0.05, 0) is 93.1 Å². The molecule has 0 saturated carbocycles. The van der Waals surface area contributed by atoms with Gasteiger partial charge in [-0.3, -0.25) is 9.10 Å². The van der Waals surface area contributed by atoms with E-state index in [2.05, 4.69) is 24.4 Å². The maximum absolute atomic E-state index is 13.6. The van der Waals surface area contributed by atoms with E-state index in [0.717, 1.165) is 27.8 Å². The lowest BCUT2D eigenvalue weighted by molar-refractivity contribution is -0.120. The van der Waals surface area contributed by atoms with Crippen LogP contribution in [0.1, 0.15) is 46.3 Å². The van der Waals surface area contributed by atoms with Crippen molar-refractivity contribution in [3.05, 3.63) is 94.0 Å². The second kappa shape index (κ2) is 9.79. The van der Waals surface area contributed by atoms with Gasteiger partial charge >= 0.3 is 0 Å². The summed E-state index contributed by atoms with van der Waals surface area (Å²) >= 11 is 0. The molecule has 1 unspecified atom stereocenters. The van der Waals surface area contributed by atoms with Crippen molar-refractivity contribution in [3.8, 4) is 0 Å². The highest BCUT2D eigenvalue weighted by atomic mass is 32.2. The van der Waals surface area contributed by atoms with Crippen LogP contribution in [-0.4, -0.2) is 20.9 Å². The molecule has 3 aromatic rings. The second-order valence-electron chi connectivity index (χ2n) is 8.63. The highest BCUT2D eigenvalue weighted by molar-refractivity contribution is 7.92. The Bertz CT molecular complexity index is 1270. The van der Waals surface area contributed by atoms with E-state index in [1.807, 2.05) is 46.8 Å². The fraction of sp³-hybridized carbons (Fsp3) is 0.296. The van der Waals surface area contributed by atoms with Gasteiger partial charge in [-0.1, -0.05) is 42.5 Å². The van der Waals surface area contributed by atoms with Gasteiger partial charge in [0.15, 0.2) is 0 Å². The summed E-state index contributed by atoms with van der Waals surface area (Å²) in [7, 11) is -3.94. The molecule has 3 rings (SSSR count). The standard InChI is InChI=1S/C27H32N2O3S/c1-18-11-10-14-26(22(18)5)29(33(31,32)24-12-8-7-9-13-24)17-27(30)28-23(6)25-16-20(3)19(2)15-21(25)4/h7-16,23H,17H2,1-6H3,(H,28,30). The minimum Gasteiger partial charge on any atom is -0.348 e. The van der Waals surface area contributed by atoms with Crippen molar-refractivity contribution in [2.45, 2.75) is 52.5 Å². The van der Waals surface area contributed by atoms with Crippen molar-refractivity contribution in [2.24, 2.45) is 0 Å². The molecule has 0 aliphatic rings. The molecule has 33 heavy (non-hydrogen) atoms. The van der Waals surface area contributed by atoms with E-state index in [4.69, 9.17) is 0 Å². The van der Waals surface area contributed by atoms with E-state index < -0.39 is 10.0 Å². The molecule has 0 bridgehead atoms. The first-order valence-electron chi connectivity index (χ1n) is 11.0. The van der Waals surface area contributed by atoms with Crippen molar-refractivity contribution in [1.29, 1.82) is 0 Å². The van der Waals surface area contributed by atoms with Gasteiger partial charge in [-0.25, -0.2) is 8.42 Å². The van der Waals surface area contributed by atoms with Crippen LogP contribution in [0.2, 0.25) is 0 Å². The first kappa shape index (κ1) is 24.5. The van der Waals surface area contributed by atoms with E-state index in [9.17, 15) is 13.2 Å². The molecule has 5 nitrogen and oxygen atoms in total. The van der Waals surface area contributed by atoms with Crippen molar-refractivity contribution in [2.75, 3.05) is 10.8 Å². The smallest absolute Gasteiger partial charge is 0.264 e. The van der Waals surface area contributed by atoms with E-state index in [0.29, 0.717) is 5.69 Å². The number of nitrogens with zero attached hydrogens (tertiary/aromatic N) is 1. The Hall–Kier alpha value is -3.12. The zero-order valence-corrected chi connectivity index (χ0v) is 21.0. The van der Waals surface area contributed by atoms with Crippen molar-refractivity contribution >= 4 is 21.6 Å². The summed E-state index contributed by atoms with van der Waals surface area (Å²) < 4.78 is 28.3. The molecular weight excluding hydrogens is 432 g/mol. The first-order valence-corrected chi connectivity index (χ1v) is 12.5. The van der Waals surface area contributed by atoms with Gasteiger partial charge in [-0.2, -0.15) is 0 Å². The zero-order valence-electron chi connectivity index (χ0n) is 20.1. The molecule has 0 aliphatic heterocycles. The van der Waals surface area contributed by atoms with Crippen molar-refractivity contribution in [1.82, 2.24) is 5.32 Å². The Morgan fingerprint density at radius 1 is 0.848 bits per heavy atom. The Morgan fingerprint density at radius 2 is 1.48 bits per heavy atom. The predicted octanol–water partition coefficient (Wildman–Crippen LogP) is 5.30. The lowest BCUT2D eigenvalue weighted by Gasteiger charge is -2.27. The number of benzene rings is 3. The molecule has 0 aliphatic carbocycles. The SMILES string of the molecule is Cc1cc(C)c(C(C)NC(=O)CN(c2cccc(C)c2C)S(=O)(=O)c2ccccc2)cc1C. The number of carbonyl (C=O) groups excluding carboxylic acids is 1. The van der Waals surface area contributed by atoms with E-state index in [1.54, 1.807) is 36.4 Å². The molecule has 3 aromatic carbocycles. The largest absolute Gasteiger partial charge is 0.348 e. The lowest BCUT2D eigenvalue weighted by Crippen LogP contribution is -2.42. The molecule has 0 saturated heterocycles. The Morgan fingerprint density at radius 3 is 2.15 bits per heavy atom. The van der Waals surface area contributed by atoms with Crippen LogP contribution in [0.5, 0.6) is 0 Å². The molecule has 0 fully saturated rings. The number of rotatable bonds is 7. The van der Waals surface area contributed by atoms with Crippen molar-refractivity contribution < 1.29 is 13.2 Å². The third-order valence-electron chi connectivity index (χ3n) is 6.19. The molecule has 0 aromatic heterocycles. The number of amides is 1. The number of aryl methyl sites for hydroxylation is 4. The predicted molar refractivity (Wildman–Crippen MR) is 134 cm³/mol. The number of hydrogen-bond acceptors (Lipinski definition) is 3. The van der Waals surface area contributed by atoms with Gasteiger partial charge in [0.2, 0.25) is 5.91 Å². The van der Waals surface area contributed by atoms with Crippen molar-refractivity contribution in [3.63, 3.8) is 0 Å². The number of sulfonamides is 1. The zero-order chi connectivity index (χ0) is 24.3. The Balaban J connectivity index is 1.95. The second-order valence-corrected chi connectivity index (χ2v) is 10.5. The lowest BCUT2D eigenvalue weighted by atomic mass is 9.96. The Kier molecular flexibility index (Phi) is 7.28. The summed E-state index contributed by atoms with van der Waals surface area (Å²) in [5.74, 6) is -0.361. The van der Waals surface area contributed by atoms with Crippen LogP contribution in [0.3, 0.4) is 0 Å². The van der Waals surface area contributed by atoms with Crippen LogP contribution in [0.4, 0.5) is 5.69 Å². The van der Waals surface area contributed by atoms with E-state index in [-0.39, 0.29) is 23.4 Å². The summed E-state index contributed by atoms with van der Waals surface area (Å²) in [4.78, 5) is 13.3. The highest BCUT2D eigenvalue weighted by Gasteiger charge is 2.29.